The molecule has 0 aromatic carbocycles. The average Bonchev–Trinajstić information content (AvgIpc) is 2.20. The average molecular weight is 206 g/mol. The molecule has 0 saturated carbocycles. The van der Waals surface area contributed by atoms with E-state index in [-0.39, 0.29) is 0 Å². The molecule has 70 valence electrons. The molecule has 0 unspecified atom stereocenters. The molecule has 4 heteroatoms. The van der Waals surface area contributed by atoms with Gasteiger partial charge in [-0.3, -0.25) is 0 Å². The Morgan fingerprint density at radius 2 is 1.64 bits per heavy atom. The van der Waals surface area contributed by atoms with E-state index in [4.69, 9.17) is 17.3 Å². The molecule has 0 aliphatic carbocycles. The largest absolute Gasteiger partial charge is 0.383 e. The van der Waals surface area contributed by atoms with E-state index in [0.29, 0.717) is 11.0 Å². The van der Waals surface area contributed by atoms with Gasteiger partial charge < -0.3 is 5.73 Å². The predicted molar refractivity (Wildman–Crippen MR) is 56.9 cm³/mol. The topological polar surface area (TPSA) is 51.8 Å². The summed E-state index contributed by atoms with van der Waals surface area (Å²) in [6.45, 7) is 0. The first-order chi connectivity index (χ1) is 6.79. The van der Waals surface area contributed by atoms with Crippen molar-refractivity contribution in [2.24, 2.45) is 0 Å². The predicted octanol–water partition coefficient (Wildman–Crippen LogP) is 2.38. The molecule has 0 spiro atoms. The lowest BCUT2D eigenvalue weighted by molar-refractivity contribution is 1.30. The first-order valence-electron chi connectivity index (χ1n) is 4.10. The van der Waals surface area contributed by atoms with Crippen LogP contribution in [0.1, 0.15) is 0 Å². The quantitative estimate of drug-likeness (QED) is 0.728. The summed E-state index contributed by atoms with van der Waals surface area (Å²) < 4.78 is 0. The van der Waals surface area contributed by atoms with Crippen LogP contribution in [0.2, 0.25) is 5.15 Å². The van der Waals surface area contributed by atoms with Gasteiger partial charge in [-0.05, 0) is 24.3 Å². The lowest BCUT2D eigenvalue weighted by Crippen LogP contribution is -1.93. The summed E-state index contributed by atoms with van der Waals surface area (Å²) in [7, 11) is 0. The lowest BCUT2D eigenvalue weighted by atomic mass is 10.1. The Balaban J connectivity index is 2.61. The van der Waals surface area contributed by atoms with Gasteiger partial charge in [0, 0.05) is 23.5 Å². The standard InChI is InChI=1S/C10H8ClN3/c11-9-7(3-1-5-13-9)8-4-2-6-14-10(8)12/h1-6H,(H2,12,14). The van der Waals surface area contributed by atoms with Crippen molar-refractivity contribution in [2.45, 2.75) is 0 Å². The number of nitrogens with zero attached hydrogens (tertiary/aromatic N) is 2. The maximum atomic E-state index is 5.94. The van der Waals surface area contributed by atoms with Crippen LogP contribution in [0.25, 0.3) is 11.1 Å². The number of hydrogen-bond donors (Lipinski definition) is 1. The molecule has 0 radical (unpaired) electrons. The Morgan fingerprint density at radius 1 is 1.00 bits per heavy atom. The van der Waals surface area contributed by atoms with Crippen molar-refractivity contribution in [3.63, 3.8) is 0 Å². The Hall–Kier alpha value is -1.61. The molecular formula is C10H8ClN3. The highest BCUT2D eigenvalue weighted by Gasteiger charge is 2.06. The number of nitrogen functional groups attached to an aromatic ring is 1. The number of pyridine rings is 2. The van der Waals surface area contributed by atoms with Gasteiger partial charge in [-0.2, -0.15) is 0 Å². The first kappa shape index (κ1) is 8.97. The first-order valence-corrected chi connectivity index (χ1v) is 4.48. The van der Waals surface area contributed by atoms with Gasteiger partial charge in [-0.25, -0.2) is 9.97 Å². The van der Waals surface area contributed by atoms with Crippen LogP contribution in [-0.2, 0) is 0 Å². The van der Waals surface area contributed by atoms with Crippen molar-refractivity contribution < 1.29 is 0 Å². The van der Waals surface area contributed by atoms with Gasteiger partial charge in [0.15, 0.2) is 0 Å². The maximum absolute atomic E-state index is 5.94. The minimum atomic E-state index is 0.437. The highest BCUT2D eigenvalue weighted by molar-refractivity contribution is 6.32. The lowest BCUT2D eigenvalue weighted by Gasteiger charge is -2.04. The summed E-state index contributed by atoms with van der Waals surface area (Å²) in [6.07, 6.45) is 3.28. The van der Waals surface area contributed by atoms with E-state index in [1.807, 2.05) is 24.3 Å². The zero-order valence-electron chi connectivity index (χ0n) is 7.31. The van der Waals surface area contributed by atoms with Gasteiger partial charge in [0.2, 0.25) is 0 Å². The van der Waals surface area contributed by atoms with Crippen LogP contribution < -0.4 is 5.73 Å². The van der Waals surface area contributed by atoms with Crippen molar-refractivity contribution >= 4 is 17.4 Å². The van der Waals surface area contributed by atoms with Crippen LogP contribution in [0.5, 0.6) is 0 Å². The van der Waals surface area contributed by atoms with Crippen molar-refractivity contribution in [1.29, 1.82) is 0 Å². The van der Waals surface area contributed by atoms with Gasteiger partial charge in [0.1, 0.15) is 11.0 Å². The molecule has 0 amide bonds. The number of halogens is 1. The molecule has 0 atom stereocenters. The smallest absolute Gasteiger partial charge is 0.136 e. The zero-order chi connectivity index (χ0) is 9.97. The SMILES string of the molecule is Nc1ncccc1-c1cccnc1Cl. The Morgan fingerprint density at radius 3 is 2.29 bits per heavy atom. The fourth-order valence-electron chi connectivity index (χ4n) is 1.23. The Bertz CT molecular complexity index is 413. The number of anilines is 1. The summed E-state index contributed by atoms with van der Waals surface area (Å²) in [5.74, 6) is 0.461. The molecule has 3 nitrogen and oxygen atoms in total. The molecular weight excluding hydrogens is 198 g/mol. The highest BCUT2D eigenvalue weighted by atomic mass is 35.5. The normalized spacial score (nSPS) is 10.1. The molecule has 0 bridgehead atoms. The Kier molecular flexibility index (Phi) is 2.33. The van der Waals surface area contributed by atoms with Crippen molar-refractivity contribution in [1.82, 2.24) is 9.97 Å². The minimum absolute atomic E-state index is 0.437. The molecule has 2 heterocycles. The van der Waals surface area contributed by atoms with E-state index >= 15 is 0 Å². The van der Waals surface area contributed by atoms with Crippen LogP contribution in [0, 0.1) is 0 Å². The monoisotopic (exact) mass is 205 g/mol. The molecule has 2 aromatic heterocycles. The molecule has 0 aliphatic rings. The molecule has 14 heavy (non-hydrogen) atoms. The van der Waals surface area contributed by atoms with E-state index in [0.717, 1.165) is 11.1 Å². The second-order valence-electron chi connectivity index (χ2n) is 2.78. The third kappa shape index (κ3) is 1.54. The number of aromatic nitrogens is 2. The molecule has 0 fully saturated rings. The van der Waals surface area contributed by atoms with Gasteiger partial charge in [-0.15, -0.1) is 0 Å². The van der Waals surface area contributed by atoms with Crippen LogP contribution in [0.3, 0.4) is 0 Å². The van der Waals surface area contributed by atoms with Crippen LogP contribution in [-0.4, -0.2) is 9.97 Å². The number of rotatable bonds is 1. The van der Waals surface area contributed by atoms with Crippen molar-refractivity contribution in [3.8, 4) is 11.1 Å². The van der Waals surface area contributed by atoms with E-state index in [2.05, 4.69) is 9.97 Å². The fraction of sp³-hybridized carbons (Fsp3) is 0. The molecule has 2 rings (SSSR count). The van der Waals surface area contributed by atoms with E-state index in [9.17, 15) is 0 Å². The van der Waals surface area contributed by atoms with Crippen molar-refractivity contribution in [3.05, 3.63) is 41.8 Å². The van der Waals surface area contributed by atoms with Gasteiger partial charge in [0.25, 0.3) is 0 Å². The third-order valence-electron chi connectivity index (χ3n) is 1.89. The van der Waals surface area contributed by atoms with E-state index < -0.39 is 0 Å². The third-order valence-corrected chi connectivity index (χ3v) is 2.19. The summed E-state index contributed by atoms with van der Waals surface area (Å²) in [5.41, 5.74) is 7.34. The molecule has 0 aliphatic heterocycles. The van der Waals surface area contributed by atoms with Crippen molar-refractivity contribution in [2.75, 3.05) is 5.73 Å². The van der Waals surface area contributed by atoms with E-state index in [1.54, 1.807) is 12.4 Å². The minimum Gasteiger partial charge on any atom is -0.383 e. The second kappa shape index (κ2) is 3.64. The van der Waals surface area contributed by atoms with Gasteiger partial charge in [-0.1, -0.05) is 11.6 Å². The van der Waals surface area contributed by atoms with Crippen LogP contribution in [0.15, 0.2) is 36.7 Å². The van der Waals surface area contributed by atoms with Crippen LogP contribution in [0.4, 0.5) is 5.82 Å². The fourth-order valence-corrected chi connectivity index (χ4v) is 1.45. The van der Waals surface area contributed by atoms with Gasteiger partial charge in [0.05, 0.1) is 0 Å². The number of nitrogens with two attached hydrogens (primary N) is 1. The molecule has 2 N–H and O–H groups in total. The summed E-state index contributed by atoms with van der Waals surface area (Å²) in [4.78, 5) is 7.97. The molecule has 2 aromatic rings. The summed E-state index contributed by atoms with van der Waals surface area (Å²) in [5, 5.41) is 0.437. The van der Waals surface area contributed by atoms with E-state index in [1.165, 1.54) is 0 Å². The van der Waals surface area contributed by atoms with Crippen LogP contribution >= 0.6 is 11.6 Å². The highest BCUT2D eigenvalue weighted by Crippen LogP contribution is 2.28. The maximum Gasteiger partial charge on any atom is 0.136 e. The Labute approximate surface area is 86.6 Å². The van der Waals surface area contributed by atoms with Gasteiger partial charge >= 0.3 is 0 Å². The number of hydrogen-bond acceptors (Lipinski definition) is 3. The second-order valence-corrected chi connectivity index (χ2v) is 3.14. The summed E-state index contributed by atoms with van der Waals surface area (Å²) in [6, 6.07) is 7.36. The molecule has 0 saturated heterocycles. The zero-order valence-corrected chi connectivity index (χ0v) is 8.07. The summed E-state index contributed by atoms with van der Waals surface area (Å²) >= 11 is 5.94.